The Morgan fingerprint density at radius 2 is 2.38 bits per heavy atom. The van der Waals surface area contributed by atoms with Gasteiger partial charge in [-0.25, -0.2) is 4.98 Å². The van der Waals surface area contributed by atoms with E-state index in [2.05, 4.69) is 4.98 Å². The third-order valence-corrected chi connectivity index (χ3v) is 1.78. The van der Waals surface area contributed by atoms with E-state index in [9.17, 15) is 9.90 Å². The quantitative estimate of drug-likeness (QED) is 0.552. The average Bonchev–Trinajstić information content (AvgIpc) is 2.48. The molecule has 2 atom stereocenters. The number of imidazole rings is 1. The third kappa shape index (κ3) is 1.85. The van der Waals surface area contributed by atoms with Crippen molar-refractivity contribution in [2.75, 3.05) is 0 Å². The number of nitrogens with zero attached hydrogens (tertiary/aromatic N) is 2. The van der Waals surface area contributed by atoms with E-state index in [0.29, 0.717) is 5.69 Å². The van der Waals surface area contributed by atoms with Crippen LogP contribution in [0, 0.1) is 0 Å². The van der Waals surface area contributed by atoms with Gasteiger partial charge < -0.3 is 20.5 Å². The molecule has 0 aliphatic heterocycles. The van der Waals surface area contributed by atoms with Gasteiger partial charge in [-0.05, 0) is 0 Å². The average molecular weight is 185 g/mol. The van der Waals surface area contributed by atoms with Crippen molar-refractivity contribution in [3.8, 4) is 0 Å². The van der Waals surface area contributed by atoms with E-state index in [4.69, 9.17) is 10.8 Å². The number of aryl methyl sites for hydroxylation is 1. The summed E-state index contributed by atoms with van der Waals surface area (Å²) in [5.74, 6) is -1.24. The van der Waals surface area contributed by atoms with Crippen LogP contribution < -0.4 is 5.73 Å². The monoisotopic (exact) mass is 185 g/mol. The first-order valence-electron chi connectivity index (χ1n) is 3.66. The number of carbonyl (C=O) groups is 1. The molecule has 13 heavy (non-hydrogen) atoms. The van der Waals surface area contributed by atoms with Crippen LogP contribution in [-0.2, 0) is 11.8 Å². The minimum absolute atomic E-state index is 0.384. The predicted octanol–water partition coefficient (Wildman–Crippen LogP) is -1.13. The van der Waals surface area contributed by atoms with Crippen molar-refractivity contribution in [2.45, 2.75) is 12.1 Å². The number of hydrogen-bond donors (Lipinski definition) is 3. The molecule has 0 saturated carbocycles. The van der Waals surface area contributed by atoms with E-state index in [1.807, 2.05) is 0 Å². The van der Waals surface area contributed by atoms with Gasteiger partial charge in [0.2, 0.25) is 0 Å². The smallest absolute Gasteiger partial charge is 0.323 e. The van der Waals surface area contributed by atoms with Crippen LogP contribution in [-0.4, -0.2) is 31.8 Å². The van der Waals surface area contributed by atoms with E-state index in [1.54, 1.807) is 7.05 Å². The molecule has 0 amide bonds. The van der Waals surface area contributed by atoms with Crippen LogP contribution in [0.5, 0.6) is 0 Å². The first-order valence-corrected chi connectivity index (χ1v) is 3.66. The van der Waals surface area contributed by atoms with Crippen LogP contribution in [0.4, 0.5) is 0 Å². The number of rotatable bonds is 3. The maximum Gasteiger partial charge on any atom is 0.323 e. The van der Waals surface area contributed by atoms with Gasteiger partial charge >= 0.3 is 5.97 Å². The minimum atomic E-state index is -1.32. The summed E-state index contributed by atoms with van der Waals surface area (Å²) in [6.45, 7) is 0. The van der Waals surface area contributed by atoms with Crippen molar-refractivity contribution in [3.63, 3.8) is 0 Å². The Morgan fingerprint density at radius 1 is 1.77 bits per heavy atom. The summed E-state index contributed by atoms with van der Waals surface area (Å²) >= 11 is 0. The molecule has 0 unspecified atom stereocenters. The lowest BCUT2D eigenvalue weighted by molar-refractivity contribution is -0.141. The topological polar surface area (TPSA) is 101 Å². The van der Waals surface area contributed by atoms with Gasteiger partial charge in [-0.2, -0.15) is 0 Å². The number of aliphatic hydroxyl groups is 1. The van der Waals surface area contributed by atoms with Crippen LogP contribution >= 0.6 is 0 Å². The first-order chi connectivity index (χ1) is 6.04. The molecule has 0 aliphatic rings. The van der Waals surface area contributed by atoms with Gasteiger partial charge in [0, 0.05) is 7.05 Å². The SMILES string of the molecule is Cn1cncc1[C@@H](O)[C@@H](N)C(=O)O. The van der Waals surface area contributed by atoms with Crippen molar-refractivity contribution >= 4 is 5.97 Å². The molecule has 4 N–H and O–H groups in total. The van der Waals surface area contributed by atoms with Crippen LogP contribution in [0.15, 0.2) is 12.5 Å². The van der Waals surface area contributed by atoms with Gasteiger partial charge in [-0.1, -0.05) is 0 Å². The lowest BCUT2D eigenvalue weighted by atomic mass is 10.1. The summed E-state index contributed by atoms with van der Waals surface area (Å²) in [5, 5.41) is 18.0. The molecule has 6 nitrogen and oxygen atoms in total. The molecule has 1 aromatic heterocycles. The van der Waals surface area contributed by atoms with E-state index in [-0.39, 0.29) is 0 Å². The summed E-state index contributed by atoms with van der Waals surface area (Å²) in [4.78, 5) is 14.2. The van der Waals surface area contributed by atoms with Gasteiger partial charge in [0.15, 0.2) is 0 Å². The van der Waals surface area contributed by atoms with Crippen LogP contribution in [0.1, 0.15) is 11.8 Å². The highest BCUT2D eigenvalue weighted by molar-refractivity contribution is 5.74. The standard InChI is InChI=1S/C7H11N3O3/c1-10-3-9-2-4(10)6(11)5(8)7(12)13/h2-3,5-6,11H,8H2,1H3,(H,12,13)/t5-,6-/m1/s1. The van der Waals surface area contributed by atoms with E-state index < -0.39 is 18.1 Å². The number of carboxylic acid groups (broad SMARTS) is 1. The van der Waals surface area contributed by atoms with Gasteiger partial charge in [-0.3, -0.25) is 4.79 Å². The zero-order valence-electron chi connectivity index (χ0n) is 7.08. The highest BCUT2D eigenvalue weighted by Crippen LogP contribution is 2.13. The Balaban J connectivity index is 2.85. The molecule has 72 valence electrons. The van der Waals surface area contributed by atoms with Crippen molar-refractivity contribution < 1.29 is 15.0 Å². The van der Waals surface area contributed by atoms with Crippen molar-refractivity contribution in [1.82, 2.24) is 9.55 Å². The minimum Gasteiger partial charge on any atom is -0.480 e. The summed E-state index contributed by atoms with van der Waals surface area (Å²) in [6.07, 6.45) is 1.62. The zero-order valence-corrected chi connectivity index (χ0v) is 7.08. The fourth-order valence-electron chi connectivity index (χ4n) is 0.971. The fourth-order valence-corrected chi connectivity index (χ4v) is 0.971. The number of aliphatic carboxylic acids is 1. The van der Waals surface area contributed by atoms with Crippen LogP contribution in [0.2, 0.25) is 0 Å². The Labute approximate surface area is 74.6 Å². The van der Waals surface area contributed by atoms with Gasteiger partial charge in [0.1, 0.15) is 12.1 Å². The number of aliphatic hydroxyl groups excluding tert-OH is 1. The Bertz CT molecular complexity index is 310. The predicted molar refractivity (Wildman–Crippen MR) is 43.8 cm³/mol. The number of carboxylic acids is 1. The second-order valence-corrected chi connectivity index (χ2v) is 2.74. The van der Waals surface area contributed by atoms with Crippen molar-refractivity contribution in [2.24, 2.45) is 12.8 Å². The van der Waals surface area contributed by atoms with Gasteiger partial charge in [0.05, 0.1) is 18.2 Å². The van der Waals surface area contributed by atoms with E-state index in [0.717, 1.165) is 0 Å². The summed E-state index contributed by atoms with van der Waals surface area (Å²) in [6, 6.07) is -1.32. The molecule has 0 radical (unpaired) electrons. The number of aromatic nitrogens is 2. The fraction of sp³-hybridized carbons (Fsp3) is 0.429. The third-order valence-electron chi connectivity index (χ3n) is 1.78. The van der Waals surface area contributed by atoms with E-state index in [1.165, 1.54) is 17.1 Å². The number of nitrogens with two attached hydrogens (primary N) is 1. The molecule has 1 heterocycles. The lowest BCUT2D eigenvalue weighted by Crippen LogP contribution is -2.37. The normalized spacial score (nSPS) is 15.3. The zero-order chi connectivity index (χ0) is 10.0. The Kier molecular flexibility index (Phi) is 2.64. The molecule has 6 heteroatoms. The number of hydrogen-bond acceptors (Lipinski definition) is 4. The van der Waals surface area contributed by atoms with Crippen molar-refractivity contribution in [3.05, 3.63) is 18.2 Å². The molecule has 0 aromatic carbocycles. The molecule has 1 rings (SSSR count). The summed E-state index contributed by atoms with van der Waals surface area (Å²) in [7, 11) is 1.65. The Hall–Kier alpha value is -1.40. The molecule has 0 bridgehead atoms. The lowest BCUT2D eigenvalue weighted by Gasteiger charge is -2.14. The summed E-state index contributed by atoms with van der Waals surface area (Å²) < 4.78 is 1.52. The van der Waals surface area contributed by atoms with Crippen LogP contribution in [0.25, 0.3) is 0 Å². The molecule has 1 aromatic rings. The maximum absolute atomic E-state index is 10.4. The molecule has 0 saturated heterocycles. The Morgan fingerprint density at radius 3 is 2.77 bits per heavy atom. The van der Waals surface area contributed by atoms with Gasteiger partial charge in [-0.15, -0.1) is 0 Å². The molecular weight excluding hydrogens is 174 g/mol. The van der Waals surface area contributed by atoms with Gasteiger partial charge in [0.25, 0.3) is 0 Å². The maximum atomic E-state index is 10.4. The summed E-state index contributed by atoms with van der Waals surface area (Å²) in [5.41, 5.74) is 5.61. The highest BCUT2D eigenvalue weighted by Gasteiger charge is 2.25. The second-order valence-electron chi connectivity index (χ2n) is 2.74. The van der Waals surface area contributed by atoms with E-state index >= 15 is 0 Å². The molecular formula is C7H11N3O3. The molecule has 0 aliphatic carbocycles. The second kappa shape index (κ2) is 3.55. The largest absolute Gasteiger partial charge is 0.480 e. The molecule has 0 fully saturated rings. The molecule has 0 spiro atoms. The first kappa shape index (κ1) is 9.69. The van der Waals surface area contributed by atoms with Crippen molar-refractivity contribution in [1.29, 1.82) is 0 Å². The van der Waals surface area contributed by atoms with Crippen LogP contribution in [0.3, 0.4) is 0 Å². The highest BCUT2D eigenvalue weighted by atomic mass is 16.4.